The van der Waals surface area contributed by atoms with Crippen molar-refractivity contribution < 1.29 is 35.9 Å². The number of alkyl halides is 6. The number of nitrogens with one attached hydrogen (secondary N) is 2. The molecule has 0 aliphatic heterocycles. The lowest BCUT2D eigenvalue weighted by atomic mass is 10.3. The Labute approximate surface area is 173 Å². The zero-order valence-electron chi connectivity index (χ0n) is 15.5. The molecule has 0 bridgehead atoms. The van der Waals surface area contributed by atoms with Crippen molar-refractivity contribution in [3.63, 3.8) is 0 Å². The van der Waals surface area contributed by atoms with Crippen molar-refractivity contribution in [3.05, 3.63) is 60.0 Å². The minimum atomic E-state index is -5.07. The highest BCUT2D eigenvalue weighted by Gasteiger charge is 2.41. The van der Waals surface area contributed by atoms with Crippen LogP contribution in [0.1, 0.15) is 11.3 Å². The maximum Gasteiger partial charge on any atom is 0.437 e. The molecule has 3 heterocycles. The molecule has 0 spiro atoms. The Morgan fingerprint density at radius 3 is 2.38 bits per heavy atom. The molecule has 14 heteroatoms. The third kappa shape index (κ3) is 4.19. The van der Waals surface area contributed by atoms with E-state index in [2.05, 4.69) is 25.4 Å². The van der Waals surface area contributed by atoms with Gasteiger partial charge in [-0.2, -0.15) is 31.4 Å². The van der Waals surface area contributed by atoms with Gasteiger partial charge in [0.25, 0.3) is 0 Å². The van der Waals surface area contributed by atoms with Crippen LogP contribution in [0.4, 0.5) is 37.1 Å². The largest absolute Gasteiger partial charge is 0.437 e. The molecule has 0 fully saturated rings. The van der Waals surface area contributed by atoms with Gasteiger partial charge in [-0.15, -0.1) is 0 Å². The molecule has 0 saturated carbocycles. The van der Waals surface area contributed by atoms with E-state index in [-0.39, 0.29) is 10.6 Å². The molecule has 4 aromatic rings. The van der Waals surface area contributed by atoms with Crippen molar-refractivity contribution in [1.29, 1.82) is 0 Å². The number of amides is 1. The van der Waals surface area contributed by atoms with E-state index in [1.165, 1.54) is 0 Å². The Balaban J connectivity index is 1.60. The molecular formula is C18H10F6N6O2. The van der Waals surface area contributed by atoms with Crippen LogP contribution < -0.4 is 10.1 Å². The normalized spacial score (nSPS) is 12.2. The molecule has 0 aliphatic rings. The molecule has 166 valence electrons. The second kappa shape index (κ2) is 7.55. The molecule has 0 saturated heterocycles. The molecule has 0 radical (unpaired) electrons. The highest BCUT2D eigenvalue weighted by atomic mass is 19.4. The number of nitrogens with zero attached hydrogens (tertiary/aromatic N) is 4. The quantitative estimate of drug-likeness (QED) is 0.432. The first-order valence-electron chi connectivity index (χ1n) is 8.65. The number of ether oxygens (including phenoxy) is 1. The topological polar surface area (TPSA) is 97.7 Å². The fourth-order valence-electron chi connectivity index (χ4n) is 2.75. The van der Waals surface area contributed by atoms with Crippen LogP contribution in [0, 0.1) is 0 Å². The summed E-state index contributed by atoms with van der Waals surface area (Å²) in [4.78, 5) is 22.3. The van der Waals surface area contributed by atoms with Gasteiger partial charge in [-0.25, -0.2) is 19.4 Å². The molecule has 0 aliphatic carbocycles. The van der Waals surface area contributed by atoms with E-state index < -0.39 is 41.3 Å². The maximum absolute atomic E-state index is 13.6. The van der Waals surface area contributed by atoms with Crippen molar-refractivity contribution in [3.8, 4) is 11.6 Å². The number of imidazole rings is 1. The van der Waals surface area contributed by atoms with Crippen molar-refractivity contribution in [2.24, 2.45) is 0 Å². The van der Waals surface area contributed by atoms with Crippen molar-refractivity contribution in [2.75, 3.05) is 5.32 Å². The average molecular weight is 456 g/mol. The van der Waals surface area contributed by atoms with Crippen LogP contribution in [-0.2, 0) is 12.4 Å². The predicted octanol–water partition coefficient (Wildman–Crippen LogP) is 4.79. The summed E-state index contributed by atoms with van der Waals surface area (Å²) >= 11 is 0. The smallest absolute Gasteiger partial charge is 0.406 e. The number of para-hydroxylation sites is 2. The summed E-state index contributed by atoms with van der Waals surface area (Å²) in [7, 11) is 0. The van der Waals surface area contributed by atoms with E-state index in [1.54, 1.807) is 24.3 Å². The minimum Gasteiger partial charge on any atom is -0.406 e. The number of halogens is 6. The SMILES string of the molecule is O=C(Nc1nc2ccccc2[nH]1)Oc1cnn(-c2ccc(C(F)(F)F)cn2)c1C(F)(F)F. The van der Waals surface area contributed by atoms with Crippen LogP contribution in [0.3, 0.4) is 0 Å². The number of aromatic amines is 1. The van der Waals surface area contributed by atoms with Gasteiger partial charge in [-0.1, -0.05) is 12.1 Å². The molecular weight excluding hydrogens is 446 g/mol. The van der Waals surface area contributed by atoms with Gasteiger partial charge >= 0.3 is 18.4 Å². The second-order valence-corrected chi connectivity index (χ2v) is 6.29. The van der Waals surface area contributed by atoms with Crippen molar-refractivity contribution in [2.45, 2.75) is 12.4 Å². The summed E-state index contributed by atoms with van der Waals surface area (Å²) < 4.78 is 83.8. The van der Waals surface area contributed by atoms with Gasteiger partial charge in [0.15, 0.2) is 17.3 Å². The van der Waals surface area contributed by atoms with E-state index in [0.29, 0.717) is 35.6 Å². The highest BCUT2D eigenvalue weighted by molar-refractivity contribution is 5.87. The van der Waals surface area contributed by atoms with Crippen LogP contribution in [0.15, 0.2) is 48.8 Å². The number of fused-ring (bicyclic) bond motifs is 1. The summed E-state index contributed by atoms with van der Waals surface area (Å²) in [6.07, 6.45) is -10.1. The molecule has 4 rings (SSSR count). The van der Waals surface area contributed by atoms with Gasteiger partial charge in [0.1, 0.15) is 0 Å². The number of carbonyl (C=O) groups excluding carboxylic acids is 1. The van der Waals surface area contributed by atoms with Crippen LogP contribution in [-0.4, -0.2) is 30.8 Å². The Bertz CT molecular complexity index is 1240. The molecule has 32 heavy (non-hydrogen) atoms. The van der Waals surface area contributed by atoms with E-state index in [4.69, 9.17) is 4.74 Å². The van der Waals surface area contributed by atoms with Gasteiger partial charge in [-0.05, 0) is 24.3 Å². The number of anilines is 1. The number of carbonyl (C=O) groups is 1. The molecule has 0 atom stereocenters. The Hall–Kier alpha value is -4.10. The lowest BCUT2D eigenvalue weighted by molar-refractivity contribution is -0.144. The zero-order chi connectivity index (χ0) is 23.1. The highest BCUT2D eigenvalue weighted by Crippen LogP contribution is 2.38. The van der Waals surface area contributed by atoms with Crippen molar-refractivity contribution >= 4 is 23.1 Å². The third-order valence-electron chi connectivity index (χ3n) is 4.11. The summed E-state index contributed by atoms with van der Waals surface area (Å²) in [5.41, 5.74) is -1.62. The Kier molecular flexibility index (Phi) is 4.99. The number of hydrogen-bond acceptors (Lipinski definition) is 5. The summed E-state index contributed by atoms with van der Waals surface area (Å²) in [5.74, 6) is -1.60. The number of rotatable bonds is 3. The van der Waals surface area contributed by atoms with Crippen LogP contribution >= 0.6 is 0 Å². The molecule has 8 nitrogen and oxygen atoms in total. The number of aromatic nitrogens is 5. The van der Waals surface area contributed by atoms with Gasteiger partial charge in [0.2, 0.25) is 5.95 Å². The molecule has 1 aromatic carbocycles. The van der Waals surface area contributed by atoms with Crippen LogP contribution in [0.25, 0.3) is 16.9 Å². The van der Waals surface area contributed by atoms with E-state index >= 15 is 0 Å². The van der Waals surface area contributed by atoms with E-state index in [1.807, 2.05) is 0 Å². The van der Waals surface area contributed by atoms with Gasteiger partial charge in [0, 0.05) is 6.20 Å². The van der Waals surface area contributed by atoms with Crippen LogP contribution in [0.2, 0.25) is 0 Å². The second-order valence-electron chi connectivity index (χ2n) is 6.29. The Morgan fingerprint density at radius 2 is 1.75 bits per heavy atom. The first-order valence-corrected chi connectivity index (χ1v) is 8.65. The summed E-state index contributed by atoms with van der Waals surface area (Å²) in [5, 5.41) is 5.62. The van der Waals surface area contributed by atoms with Gasteiger partial charge < -0.3 is 9.72 Å². The molecule has 3 aromatic heterocycles. The number of H-pyrrole nitrogens is 1. The van der Waals surface area contributed by atoms with Crippen molar-refractivity contribution in [1.82, 2.24) is 24.7 Å². The molecule has 0 unspecified atom stereocenters. The summed E-state index contributed by atoms with van der Waals surface area (Å²) in [6.45, 7) is 0. The predicted molar refractivity (Wildman–Crippen MR) is 97.1 cm³/mol. The number of pyridine rings is 1. The standard InChI is InChI=1S/C18H10F6N6O2/c19-17(20,21)9-5-6-13(25-7-9)30-14(18(22,23)24)12(8-26-30)32-16(31)29-15-27-10-3-1-2-4-11(10)28-15/h1-8H,(H2,27,28,29,31). The summed E-state index contributed by atoms with van der Waals surface area (Å²) in [6, 6.07) is 7.99. The lowest BCUT2D eigenvalue weighted by Gasteiger charge is -2.12. The first kappa shape index (κ1) is 21.1. The minimum absolute atomic E-state index is 0.0680. The van der Waals surface area contributed by atoms with E-state index in [0.717, 1.165) is 0 Å². The average Bonchev–Trinajstić information content (AvgIpc) is 3.30. The zero-order valence-corrected chi connectivity index (χ0v) is 15.5. The third-order valence-corrected chi connectivity index (χ3v) is 4.11. The first-order chi connectivity index (χ1) is 15.0. The van der Waals surface area contributed by atoms with Crippen LogP contribution in [0.5, 0.6) is 5.75 Å². The Morgan fingerprint density at radius 1 is 1.00 bits per heavy atom. The van der Waals surface area contributed by atoms with Gasteiger partial charge in [-0.3, -0.25) is 5.32 Å². The fraction of sp³-hybridized carbons (Fsp3) is 0.111. The monoisotopic (exact) mass is 456 g/mol. The lowest BCUT2D eigenvalue weighted by Crippen LogP contribution is -2.21. The maximum atomic E-state index is 13.6. The molecule has 1 amide bonds. The fourth-order valence-corrected chi connectivity index (χ4v) is 2.75. The number of hydrogen-bond donors (Lipinski definition) is 2. The van der Waals surface area contributed by atoms with E-state index in [9.17, 15) is 31.1 Å². The molecule has 2 N–H and O–H groups in total. The number of benzene rings is 1. The van der Waals surface area contributed by atoms with Gasteiger partial charge in [0.05, 0.1) is 22.8 Å².